The fourth-order valence-electron chi connectivity index (χ4n) is 3.50. The highest BCUT2D eigenvalue weighted by Gasteiger charge is 2.21. The number of H-pyrrole nitrogens is 2. The summed E-state index contributed by atoms with van der Waals surface area (Å²) in [7, 11) is 0. The molecule has 0 radical (unpaired) electrons. The number of hydrogen-bond acceptors (Lipinski definition) is 1. The van der Waals surface area contributed by atoms with E-state index in [9.17, 15) is 0 Å². The summed E-state index contributed by atoms with van der Waals surface area (Å²) < 4.78 is 0. The van der Waals surface area contributed by atoms with E-state index in [0.717, 1.165) is 22.3 Å². The fraction of sp³-hybridized carbons (Fsp3) is 0. The van der Waals surface area contributed by atoms with Crippen LogP contribution in [0.2, 0.25) is 0 Å². The highest BCUT2D eigenvalue weighted by atomic mass is 35.5. The van der Waals surface area contributed by atoms with Crippen molar-refractivity contribution in [3.63, 3.8) is 0 Å². The zero-order valence-electron chi connectivity index (χ0n) is 13.9. The number of benzene rings is 2. The zero-order chi connectivity index (χ0) is 16.6. The van der Waals surface area contributed by atoms with Crippen molar-refractivity contribution in [3.05, 3.63) is 95.9 Å². The highest BCUT2D eigenvalue weighted by molar-refractivity contribution is 6.27. The van der Waals surface area contributed by atoms with Gasteiger partial charge >= 0.3 is 0 Å². The molecule has 1 aliphatic heterocycles. The first-order chi connectivity index (χ1) is 12.4. The molecule has 4 aromatic rings. The number of hydrogen-bond donors (Lipinski definition) is 1. The average Bonchev–Trinajstić information content (AvgIpc) is 3.29. The molecule has 126 valence electrons. The van der Waals surface area contributed by atoms with Crippen molar-refractivity contribution in [1.82, 2.24) is 4.98 Å². The minimum absolute atomic E-state index is 0. The Kier molecular flexibility index (Phi) is 4.15. The predicted octanol–water partition coefficient (Wildman–Crippen LogP) is 1.66. The first-order valence-electron chi connectivity index (χ1n) is 8.32. The molecule has 0 aliphatic carbocycles. The zero-order valence-corrected chi connectivity index (χ0v) is 14.7. The molecule has 2 aromatic heterocycles. The molecular weight excluding hydrogens is 342 g/mol. The van der Waals surface area contributed by atoms with Gasteiger partial charge in [0.05, 0.1) is 5.69 Å². The van der Waals surface area contributed by atoms with Crippen LogP contribution in [0.5, 0.6) is 0 Å². The summed E-state index contributed by atoms with van der Waals surface area (Å²) in [5.41, 5.74) is 8.00. The number of nitrogens with zero attached hydrogens (tertiary/aromatic N) is 1. The monoisotopic (exact) mass is 357 g/mol. The van der Waals surface area contributed by atoms with Crippen molar-refractivity contribution in [1.29, 1.82) is 0 Å². The quantitative estimate of drug-likeness (QED) is 0.567. The standard InChI is InChI=1S/C22H15N3.ClH/c1-3-9-20-16(7-1)18(13-24-20)22(15-6-5-11-23-12-15)19-14-25-21-10-4-2-8-17(19)21;/h1-14,24H;1H. The lowest BCUT2D eigenvalue weighted by molar-refractivity contribution is -0.378. The lowest BCUT2D eigenvalue weighted by Crippen LogP contribution is -3.00. The smallest absolute Gasteiger partial charge is 0.174 e. The van der Waals surface area contributed by atoms with Crippen LogP contribution >= 0.6 is 0 Å². The van der Waals surface area contributed by atoms with Crippen molar-refractivity contribution in [2.24, 2.45) is 4.99 Å². The molecule has 26 heavy (non-hydrogen) atoms. The van der Waals surface area contributed by atoms with Gasteiger partial charge in [0.2, 0.25) is 0 Å². The topological polar surface area (TPSA) is 42.3 Å². The first kappa shape index (κ1) is 16.3. The second-order valence-electron chi connectivity index (χ2n) is 6.10. The molecule has 3 nitrogen and oxygen atoms in total. The molecular formula is C22H16ClN3. The van der Waals surface area contributed by atoms with Crippen molar-refractivity contribution >= 4 is 34.0 Å². The Morgan fingerprint density at radius 3 is 2.65 bits per heavy atom. The van der Waals surface area contributed by atoms with E-state index in [0.29, 0.717) is 0 Å². The van der Waals surface area contributed by atoms with Crippen LogP contribution in [-0.4, -0.2) is 11.2 Å². The number of fused-ring (bicyclic) bond motifs is 2. The van der Waals surface area contributed by atoms with Crippen molar-refractivity contribution in [2.75, 3.05) is 0 Å². The van der Waals surface area contributed by atoms with E-state index < -0.39 is 0 Å². The van der Waals surface area contributed by atoms with E-state index in [-0.39, 0.29) is 12.4 Å². The molecule has 0 spiro atoms. The molecule has 0 unspecified atom stereocenters. The van der Waals surface area contributed by atoms with Crippen LogP contribution in [0.4, 0.5) is 5.69 Å². The van der Waals surface area contributed by atoms with Gasteiger partial charge in [0.25, 0.3) is 0 Å². The lowest BCUT2D eigenvalue weighted by atomic mass is 9.91. The van der Waals surface area contributed by atoms with Gasteiger partial charge in [-0.05, 0) is 18.2 Å². The average molecular weight is 358 g/mol. The third-order valence-electron chi connectivity index (χ3n) is 4.65. The molecule has 4 heteroatoms. The van der Waals surface area contributed by atoms with Crippen molar-refractivity contribution in [3.8, 4) is 0 Å². The molecule has 3 heterocycles. The summed E-state index contributed by atoms with van der Waals surface area (Å²) in [6.45, 7) is 0. The number of aromatic amines is 2. The largest absolute Gasteiger partial charge is 1.00 e. The summed E-state index contributed by atoms with van der Waals surface area (Å²) in [4.78, 5) is 11.2. The van der Waals surface area contributed by atoms with Crippen LogP contribution in [-0.2, 0) is 0 Å². The molecule has 5 rings (SSSR count). The number of para-hydroxylation sites is 2. The predicted molar refractivity (Wildman–Crippen MR) is 102 cm³/mol. The maximum atomic E-state index is 4.61. The van der Waals surface area contributed by atoms with Gasteiger partial charge in [0, 0.05) is 57.2 Å². The number of aromatic nitrogens is 2. The summed E-state index contributed by atoms with van der Waals surface area (Å²) in [6.07, 6.45) is 8.04. The third kappa shape index (κ3) is 2.54. The normalized spacial score (nSPS) is 14.2. The lowest BCUT2D eigenvalue weighted by Gasteiger charge is -2.10. The summed E-state index contributed by atoms with van der Waals surface area (Å²) in [5.74, 6) is 0. The van der Waals surface area contributed by atoms with Crippen molar-refractivity contribution < 1.29 is 17.4 Å². The summed E-state index contributed by atoms with van der Waals surface area (Å²) in [5, 5.41) is 1.21. The summed E-state index contributed by atoms with van der Waals surface area (Å²) >= 11 is 0. The maximum absolute atomic E-state index is 4.61. The van der Waals surface area contributed by atoms with E-state index in [1.54, 1.807) is 0 Å². The number of pyridine rings is 1. The Labute approximate surface area is 157 Å². The van der Waals surface area contributed by atoms with E-state index in [2.05, 4.69) is 69.7 Å². The molecule has 0 bridgehead atoms. The Hall–Kier alpha value is -3.17. The van der Waals surface area contributed by atoms with E-state index >= 15 is 0 Å². The van der Waals surface area contributed by atoms with E-state index in [1.807, 2.05) is 30.7 Å². The van der Waals surface area contributed by atoms with Gasteiger partial charge in [-0.15, -0.1) is 0 Å². The number of halogens is 1. The number of rotatable bonds is 2. The van der Waals surface area contributed by atoms with Gasteiger partial charge in [-0.1, -0.05) is 36.4 Å². The summed E-state index contributed by atoms with van der Waals surface area (Å²) in [6, 6.07) is 20.9. The fourth-order valence-corrected chi connectivity index (χ4v) is 3.50. The Morgan fingerprint density at radius 1 is 0.923 bits per heavy atom. The number of aliphatic imine (C=N–C) groups is 1. The van der Waals surface area contributed by atoms with Crippen LogP contribution in [0.15, 0.2) is 84.2 Å². The van der Waals surface area contributed by atoms with Crippen LogP contribution in [0.25, 0.3) is 22.0 Å². The molecule has 0 atom stereocenters. The van der Waals surface area contributed by atoms with Gasteiger partial charge in [-0.3, -0.25) is 4.99 Å². The minimum Gasteiger partial charge on any atom is -1.00 e. The Bertz CT molecular complexity index is 1140. The second-order valence-corrected chi connectivity index (χ2v) is 6.10. The number of nitrogens with one attached hydrogen (secondary N) is 2. The molecule has 2 N–H and O–H groups in total. The van der Waals surface area contributed by atoms with Crippen LogP contribution < -0.4 is 17.4 Å². The minimum atomic E-state index is 0. The molecule has 0 amide bonds. The van der Waals surface area contributed by atoms with Gasteiger partial charge in [-0.25, -0.2) is 4.98 Å². The van der Waals surface area contributed by atoms with Crippen LogP contribution in [0.3, 0.4) is 0 Å². The van der Waals surface area contributed by atoms with Crippen LogP contribution in [0.1, 0.15) is 16.7 Å². The molecule has 0 saturated carbocycles. The highest BCUT2D eigenvalue weighted by Crippen LogP contribution is 2.40. The molecule has 2 aromatic carbocycles. The first-order valence-corrected chi connectivity index (χ1v) is 8.32. The molecule has 1 aliphatic rings. The van der Waals surface area contributed by atoms with E-state index in [4.69, 9.17) is 0 Å². The maximum Gasteiger partial charge on any atom is 0.174 e. The van der Waals surface area contributed by atoms with Gasteiger partial charge in [0.15, 0.2) is 12.4 Å². The third-order valence-corrected chi connectivity index (χ3v) is 4.65. The van der Waals surface area contributed by atoms with Gasteiger partial charge in [0.1, 0.15) is 0 Å². The van der Waals surface area contributed by atoms with Gasteiger partial charge in [-0.2, -0.15) is 0 Å². The van der Waals surface area contributed by atoms with Gasteiger partial charge < -0.3 is 17.4 Å². The Balaban J connectivity index is 0.00000168. The number of allylic oxidation sites excluding steroid dienone is 1. The van der Waals surface area contributed by atoms with Crippen molar-refractivity contribution in [2.45, 2.75) is 0 Å². The SMILES string of the molecule is C1=Nc2ccccc2C1=C(c1ccc[nH+]c1)c1c[nH]c2ccccc12.[Cl-]. The van der Waals surface area contributed by atoms with Crippen LogP contribution in [0, 0.1) is 0 Å². The van der Waals surface area contributed by atoms with E-state index in [1.165, 1.54) is 22.1 Å². The molecule has 0 saturated heterocycles. The molecule has 0 fully saturated rings. The Morgan fingerprint density at radius 2 is 1.77 bits per heavy atom. The second kappa shape index (κ2) is 6.62.